The maximum absolute atomic E-state index is 12.4. The molecule has 0 heterocycles. The van der Waals surface area contributed by atoms with E-state index in [9.17, 15) is 2.74 Å². The first-order valence-corrected chi connectivity index (χ1v) is 42.5. The lowest BCUT2D eigenvalue weighted by atomic mass is 9.76. The van der Waals surface area contributed by atoms with Crippen LogP contribution in [0.25, 0.3) is 111 Å². The number of hydrogen-bond acceptors (Lipinski definition) is 0. The minimum Gasteiger partial charge on any atom is -0.0616 e. The van der Waals surface area contributed by atoms with E-state index in [4.69, 9.17) is 0 Å². The normalized spacial score (nSPS) is 13.7. The standard InChI is InChI=1S/C114H142/c1-103(2,3)83-51-75(52-84(63-83)104(4,5)6)71-45-72(76-53-85(105(7,8)9)64-86(54-76)106(10,11)12)48-79(47-71)99-69-102(98-44-40-38-42-96(98)82-61-93(113(31,32)33)68-94(62-82)114(34,35)36)100(70-101(99)97-43-39-37-41-95(97)81-59-91(111(25,26)27)67-92(60-81)112(28,29)30)80-49-73(77-55-87(107(13,14)15)65-88(56-77)108(16,17)18)46-74(50-80)78-57-89(109(19,20)21)66-90(58-78)110(22,23)24/h37-70H,1-36H3/i69D,70D. The SMILES string of the molecule is [2H]c1c(-c2cc(-c3cc(C(C)(C)C)cc(C(C)(C)C)c3)cc(-c3cc(C(C)(C)C)cc(C(C)(C)C)c3)c2)c(-c2ccccc2-c2cc(C(C)(C)C)cc(C(C)(C)C)c2)c([2H])c(-c2cc(-c3cc(C(C)(C)C)cc(C(C)(C)C)c3)cc(-c3cc(C(C)(C)C)cc(C(C)(C)C)c3)c2)c1-c1ccccc1-c1cc(C(C)(C)C)cc(C(C)(C)C)c1. The van der Waals surface area contributed by atoms with E-state index < -0.39 is 0 Å². The van der Waals surface area contributed by atoms with Crippen LogP contribution in [-0.4, -0.2) is 0 Å². The van der Waals surface area contributed by atoms with Gasteiger partial charge in [0.1, 0.15) is 0 Å². The summed E-state index contributed by atoms with van der Waals surface area (Å²) in [4.78, 5) is 0. The second kappa shape index (κ2) is 29.9. The molecule has 0 saturated heterocycles. The Bertz CT molecular complexity index is 4840. The molecule has 0 aromatic heterocycles. The summed E-state index contributed by atoms with van der Waals surface area (Å²) in [6.45, 7) is 83.9. The predicted molar refractivity (Wildman–Crippen MR) is 505 cm³/mol. The Morgan fingerprint density at radius 3 is 0.412 bits per heavy atom. The van der Waals surface area contributed by atoms with Crippen LogP contribution in [-0.2, 0) is 65.0 Å². The van der Waals surface area contributed by atoms with Crippen molar-refractivity contribution in [3.05, 3.63) is 273 Å². The fraction of sp³-hybridized carbons (Fsp3) is 0.421. The van der Waals surface area contributed by atoms with Crippen molar-refractivity contribution < 1.29 is 2.74 Å². The first-order chi connectivity index (χ1) is 52.8. The molecule has 0 amide bonds. The molecule has 0 fully saturated rings. The van der Waals surface area contributed by atoms with Crippen molar-refractivity contribution in [1.82, 2.24) is 0 Å². The second-order valence-electron chi connectivity index (χ2n) is 46.2. The third-order valence-electron chi connectivity index (χ3n) is 23.8. The molecular weight excluding hydrogens is 1370 g/mol. The van der Waals surface area contributed by atoms with E-state index in [1.54, 1.807) is 0 Å². The van der Waals surface area contributed by atoms with Crippen molar-refractivity contribution in [2.45, 2.75) is 314 Å². The molecule has 0 atom stereocenters. The Morgan fingerprint density at radius 2 is 0.254 bits per heavy atom. The molecule has 0 aliphatic heterocycles. The zero-order chi connectivity index (χ0) is 86.3. The summed E-state index contributed by atoms with van der Waals surface area (Å²) in [7, 11) is 0. The third-order valence-corrected chi connectivity index (χ3v) is 23.8. The highest BCUT2D eigenvalue weighted by molar-refractivity contribution is 6.03. The minimum absolute atomic E-state index is 0.175. The van der Waals surface area contributed by atoms with Crippen LogP contribution in [0.5, 0.6) is 0 Å². The van der Waals surface area contributed by atoms with Crippen LogP contribution < -0.4 is 0 Å². The van der Waals surface area contributed by atoms with Crippen molar-refractivity contribution in [3.8, 4) is 111 Å². The number of hydrogen-bond donors (Lipinski definition) is 0. The average Bonchev–Trinajstić information content (AvgIpc) is 0.715. The van der Waals surface area contributed by atoms with Crippen molar-refractivity contribution >= 4 is 0 Å². The first kappa shape index (κ1) is 83.4. The summed E-state index contributed by atoms with van der Waals surface area (Å²) >= 11 is 0. The molecule has 0 aliphatic carbocycles. The lowest BCUT2D eigenvalue weighted by molar-refractivity contribution is 0.568. The lowest BCUT2D eigenvalue weighted by Gasteiger charge is -2.28. The van der Waals surface area contributed by atoms with Crippen LogP contribution in [0.15, 0.2) is 206 Å². The van der Waals surface area contributed by atoms with Crippen molar-refractivity contribution in [1.29, 1.82) is 0 Å². The topological polar surface area (TPSA) is 0 Å². The largest absolute Gasteiger partial charge is 0.0636 e. The summed E-state index contributed by atoms with van der Waals surface area (Å²) < 4.78 is 24.8. The zero-order valence-electron chi connectivity index (χ0n) is 79.5. The summed E-state index contributed by atoms with van der Waals surface area (Å²) in [5.41, 5.74) is 32.3. The molecule has 11 rings (SSSR count). The average molecular weight is 1510 g/mol. The van der Waals surface area contributed by atoms with Gasteiger partial charge < -0.3 is 0 Å². The quantitative estimate of drug-likeness (QED) is 0.128. The molecular formula is C114H142. The second-order valence-corrected chi connectivity index (χ2v) is 46.2. The van der Waals surface area contributed by atoms with E-state index in [1.807, 2.05) is 0 Å². The fourth-order valence-corrected chi connectivity index (χ4v) is 15.4. The van der Waals surface area contributed by atoms with Crippen molar-refractivity contribution in [3.63, 3.8) is 0 Å². The molecule has 11 aromatic carbocycles. The molecule has 0 aliphatic rings. The number of benzene rings is 11. The molecule has 0 nitrogen and oxygen atoms in total. The highest BCUT2D eigenvalue weighted by atomic mass is 14.4. The Balaban J connectivity index is 1.48. The summed E-state index contributed by atoms with van der Waals surface area (Å²) in [6.07, 6.45) is 0. The van der Waals surface area contributed by atoms with Gasteiger partial charge in [-0.3, -0.25) is 0 Å². The molecule has 0 radical (unpaired) electrons. The van der Waals surface area contributed by atoms with Crippen LogP contribution in [0.3, 0.4) is 0 Å². The monoisotopic (exact) mass is 1510 g/mol. The van der Waals surface area contributed by atoms with Crippen LogP contribution in [0.2, 0.25) is 0 Å². The molecule has 0 bridgehead atoms. The molecule has 0 heteroatoms. The van der Waals surface area contributed by atoms with Gasteiger partial charge in [0, 0.05) is 0 Å². The van der Waals surface area contributed by atoms with Gasteiger partial charge in [-0.2, -0.15) is 0 Å². The van der Waals surface area contributed by atoms with Crippen LogP contribution in [0.4, 0.5) is 0 Å². The Hall–Kier alpha value is -8.58. The predicted octanol–water partition coefficient (Wildman–Crippen LogP) is 33.9. The number of rotatable bonds is 10. The fourth-order valence-electron chi connectivity index (χ4n) is 15.4. The third kappa shape index (κ3) is 19.2. The smallest absolute Gasteiger partial charge is 0.0616 e. The molecule has 0 saturated carbocycles. The van der Waals surface area contributed by atoms with E-state index in [1.165, 1.54) is 66.8 Å². The molecule has 0 spiro atoms. The van der Waals surface area contributed by atoms with E-state index in [0.717, 1.165) is 89.0 Å². The summed E-state index contributed by atoms with van der Waals surface area (Å²) in [6, 6.07) is 76.7. The van der Waals surface area contributed by atoms with Crippen LogP contribution in [0, 0.1) is 0 Å². The van der Waals surface area contributed by atoms with E-state index in [-0.39, 0.29) is 65.0 Å². The van der Waals surface area contributed by atoms with Gasteiger partial charge in [-0.05, 0) is 291 Å². The van der Waals surface area contributed by atoms with E-state index >= 15 is 0 Å². The maximum atomic E-state index is 12.4. The van der Waals surface area contributed by atoms with Crippen LogP contribution >= 0.6 is 0 Å². The summed E-state index contributed by atoms with van der Waals surface area (Å²) in [5, 5.41) is 0. The zero-order valence-corrected chi connectivity index (χ0v) is 77.5. The summed E-state index contributed by atoms with van der Waals surface area (Å²) in [5.74, 6) is 0. The maximum Gasteiger partial charge on any atom is 0.0636 e. The van der Waals surface area contributed by atoms with Gasteiger partial charge in [0.05, 0.1) is 2.74 Å². The molecule has 598 valence electrons. The van der Waals surface area contributed by atoms with Crippen LogP contribution in [0.1, 0.15) is 319 Å². The van der Waals surface area contributed by atoms with Gasteiger partial charge >= 0.3 is 0 Å². The van der Waals surface area contributed by atoms with Gasteiger partial charge in [-0.25, -0.2) is 0 Å². The highest BCUT2D eigenvalue weighted by Gasteiger charge is 2.32. The molecule has 0 unspecified atom stereocenters. The van der Waals surface area contributed by atoms with Gasteiger partial charge in [-0.1, -0.05) is 407 Å². The van der Waals surface area contributed by atoms with Gasteiger partial charge in [-0.15, -0.1) is 0 Å². The van der Waals surface area contributed by atoms with Crippen molar-refractivity contribution in [2.75, 3.05) is 0 Å². The molecule has 0 N–H and O–H groups in total. The van der Waals surface area contributed by atoms with Gasteiger partial charge in [0.25, 0.3) is 0 Å². The van der Waals surface area contributed by atoms with E-state index in [0.29, 0.717) is 34.3 Å². The van der Waals surface area contributed by atoms with Gasteiger partial charge in [0.15, 0.2) is 0 Å². The van der Waals surface area contributed by atoms with E-state index in [2.05, 4.69) is 443 Å². The Labute approximate surface area is 696 Å². The molecule has 11 aromatic rings. The Kier molecular flexibility index (Phi) is 21.8. The molecule has 114 heavy (non-hydrogen) atoms. The Morgan fingerprint density at radius 1 is 0.132 bits per heavy atom. The van der Waals surface area contributed by atoms with Crippen molar-refractivity contribution in [2.24, 2.45) is 0 Å². The first-order valence-electron chi connectivity index (χ1n) is 43.5. The minimum atomic E-state index is -0.193. The lowest BCUT2D eigenvalue weighted by Crippen LogP contribution is -2.16. The highest BCUT2D eigenvalue weighted by Crippen LogP contribution is 2.52. The van der Waals surface area contributed by atoms with Gasteiger partial charge in [0.2, 0.25) is 0 Å².